The summed E-state index contributed by atoms with van der Waals surface area (Å²) in [7, 11) is 3.28. The van der Waals surface area contributed by atoms with Crippen LogP contribution < -0.4 is 15.4 Å². The summed E-state index contributed by atoms with van der Waals surface area (Å²) in [6.45, 7) is 2.08. The minimum atomic E-state index is -0.329. The molecule has 0 unspecified atom stereocenters. The third-order valence-electron chi connectivity index (χ3n) is 3.27. The molecule has 23 heavy (non-hydrogen) atoms. The fourth-order valence-electron chi connectivity index (χ4n) is 2.12. The number of aryl methyl sites for hydroxylation is 2. The van der Waals surface area contributed by atoms with Crippen molar-refractivity contribution in [2.24, 2.45) is 7.05 Å². The molecule has 0 aliphatic carbocycles. The number of aromatic nitrogens is 2. The van der Waals surface area contributed by atoms with Gasteiger partial charge in [-0.3, -0.25) is 14.3 Å². The van der Waals surface area contributed by atoms with Crippen molar-refractivity contribution in [1.82, 2.24) is 20.4 Å². The van der Waals surface area contributed by atoms with Gasteiger partial charge in [0.25, 0.3) is 5.91 Å². The van der Waals surface area contributed by atoms with Gasteiger partial charge in [-0.2, -0.15) is 5.10 Å². The number of carbonyl (C=O) groups is 2. The van der Waals surface area contributed by atoms with Crippen LogP contribution in [0.3, 0.4) is 0 Å². The zero-order valence-electron chi connectivity index (χ0n) is 13.4. The molecule has 2 rings (SSSR count). The molecule has 0 radical (unpaired) electrons. The molecule has 1 aromatic carbocycles. The van der Waals surface area contributed by atoms with Gasteiger partial charge < -0.3 is 15.4 Å². The number of nitrogens with zero attached hydrogens (tertiary/aromatic N) is 2. The van der Waals surface area contributed by atoms with Gasteiger partial charge in [0.1, 0.15) is 11.4 Å². The smallest absolute Gasteiger partial charge is 0.269 e. The fourth-order valence-corrected chi connectivity index (χ4v) is 2.12. The van der Waals surface area contributed by atoms with Crippen LogP contribution in [0.2, 0.25) is 0 Å². The first kappa shape index (κ1) is 16.5. The average Bonchev–Trinajstić information content (AvgIpc) is 2.89. The highest BCUT2D eigenvalue weighted by molar-refractivity contribution is 5.95. The fraction of sp³-hybridized carbons (Fsp3) is 0.312. The van der Waals surface area contributed by atoms with E-state index < -0.39 is 0 Å². The maximum absolute atomic E-state index is 12.0. The minimum Gasteiger partial charge on any atom is -0.497 e. The lowest BCUT2D eigenvalue weighted by Crippen LogP contribution is -2.37. The lowest BCUT2D eigenvalue weighted by molar-refractivity contribution is -0.120. The van der Waals surface area contributed by atoms with Crippen molar-refractivity contribution in [3.8, 4) is 5.75 Å². The normalized spacial score (nSPS) is 10.2. The molecule has 0 fully saturated rings. The molecule has 0 bridgehead atoms. The van der Waals surface area contributed by atoms with Crippen LogP contribution in [0, 0.1) is 6.92 Å². The Kier molecular flexibility index (Phi) is 5.35. The van der Waals surface area contributed by atoms with Gasteiger partial charge in [-0.05, 0) is 30.7 Å². The molecular formula is C16H20N4O3. The Morgan fingerprint density at radius 1 is 1.26 bits per heavy atom. The zero-order chi connectivity index (χ0) is 16.8. The molecule has 1 heterocycles. The van der Waals surface area contributed by atoms with Crippen LogP contribution in [-0.4, -0.2) is 35.2 Å². The van der Waals surface area contributed by atoms with Crippen LogP contribution in [0.25, 0.3) is 0 Å². The van der Waals surface area contributed by atoms with Crippen LogP contribution in [0.4, 0.5) is 0 Å². The van der Waals surface area contributed by atoms with E-state index in [1.807, 2.05) is 24.3 Å². The van der Waals surface area contributed by atoms with Crippen LogP contribution in [0.15, 0.2) is 30.3 Å². The molecule has 0 atom stereocenters. The van der Waals surface area contributed by atoms with Gasteiger partial charge in [-0.15, -0.1) is 0 Å². The summed E-state index contributed by atoms with van der Waals surface area (Å²) < 4.78 is 6.61. The standard InChI is InChI=1S/C16H20N4O3/c1-11-7-14(20(2)19-11)16(22)18-10-15(21)17-9-12-5-4-6-13(8-12)23-3/h4-8H,9-10H2,1-3H3,(H,17,21)(H,18,22). The Morgan fingerprint density at radius 2 is 2.04 bits per heavy atom. The van der Waals surface area contributed by atoms with Crippen LogP contribution >= 0.6 is 0 Å². The quantitative estimate of drug-likeness (QED) is 0.825. The monoisotopic (exact) mass is 316 g/mol. The largest absolute Gasteiger partial charge is 0.497 e. The van der Waals surface area contributed by atoms with Crippen LogP contribution in [0.5, 0.6) is 5.75 Å². The Bertz CT molecular complexity index is 709. The van der Waals surface area contributed by atoms with E-state index >= 15 is 0 Å². The molecule has 0 aliphatic heterocycles. The van der Waals surface area contributed by atoms with Crippen molar-refractivity contribution in [1.29, 1.82) is 0 Å². The van der Waals surface area contributed by atoms with Gasteiger partial charge in [0.05, 0.1) is 19.3 Å². The summed E-state index contributed by atoms with van der Waals surface area (Å²) in [6.07, 6.45) is 0. The van der Waals surface area contributed by atoms with Crippen molar-refractivity contribution in [3.63, 3.8) is 0 Å². The van der Waals surface area contributed by atoms with Crippen molar-refractivity contribution < 1.29 is 14.3 Å². The van der Waals surface area contributed by atoms with Gasteiger partial charge in [0.15, 0.2) is 0 Å². The summed E-state index contributed by atoms with van der Waals surface area (Å²) in [4.78, 5) is 23.8. The second-order valence-corrected chi connectivity index (χ2v) is 5.11. The maximum atomic E-state index is 12.0. The lowest BCUT2D eigenvalue weighted by Gasteiger charge is -2.08. The van der Waals surface area contributed by atoms with E-state index in [2.05, 4.69) is 15.7 Å². The van der Waals surface area contributed by atoms with Crippen molar-refractivity contribution in [3.05, 3.63) is 47.3 Å². The van der Waals surface area contributed by atoms with Gasteiger partial charge in [0.2, 0.25) is 5.91 Å². The second-order valence-electron chi connectivity index (χ2n) is 5.11. The SMILES string of the molecule is COc1cccc(CNC(=O)CNC(=O)c2cc(C)nn2C)c1. The Labute approximate surface area is 134 Å². The van der Waals surface area contributed by atoms with E-state index in [1.54, 1.807) is 27.1 Å². The van der Waals surface area contributed by atoms with Crippen molar-refractivity contribution >= 4 is 11.8 Å². The number of methoxy groups -OCH3 is 1. The number of nitrogens with one attached hydrogen (secondary N) is 2. The van der Waals surface area contributed by atoms with Gasteiger partial charge >= 0.3 is 0 Å². The number of benzene rings is 1. The highest BCUT2D eigenvalue weighted by Crippen LogP contribution is 2.11. The Hall–Kier alpha value is -2.83. The zero-order valence-corrected chi connectivity index (χ0v) is 13.4. The molecule has 2 amide bonds. The van der Waals surface area contributed by atoms with E-state index in [-0.39, 0.29) is 18.4 Å². The van der Waals surface area contributed by atoms with Gasteiger partial charge in [0, 0.05) is 13.6 Å². The van der Waals surface area contributed by atoms with Crippen molar-refractivity contribution in [2.45, 2.75) is 13.5 Å². The Morgan fingerprint density at radius 3 is 2.70 bits per heavy atom. The predicted octanol–water partition coefficient (Wildman–Crippen LogP) is 0.783. The van der Waals surface area contributed by atoms with E-state index in [0.717, 1.165) is 17.0 Å². The number of carbonyl (C=O) groups excluding carboxylic acids is 2. The molecule has 0 saturated carbocycles. The molecule has 122 valence electrons. The summed E-state index contributed by atoms with van der Waals surface area (Å²) in [5, 5.41) is 9.42. The highest BCUT2D eigenvalue weighted by atomic mass is 16.5. The first-order valence-corrected chi connectivity index (χ1v) is 7.18. The molecule has 0 aliphatic rings. The van der Waals surface area contributed by atoms with Gasteiger partial charge in [-0.25, -0.2) is 0 Å². The summed E-state index contributed by atoms with van der Waals surface area (Å²) >= 11 is 0. The van der Waals surface area contributed by atoms with Gasteiger partial charge in [-0.1, -0.05) is 12.1 Å². The number of amides is 2. The molecular weight excluding hydrogens is 296 g/mol. The maximum Gasteiger partial charge on any atom is 0.269 e. The lowest BCUT2D eigenvalue weighted by atomic mass is 10.2. The molecule has 7 heteroatoms. The van der Waals surface area contributed by atoms with E-state index in [9.17, 15) is 9.59 Å². The third kappa shape index (κ3) is 4.57. The summed E-state index contributed by atoms with van der Waals surface area (Å²) in [5.74, 6) is 0.140. The summed E-state index contributed by atoms with van der Waals surface area (Å²) in [5.41, 5.74) is 2.09. The van der Waals surface area contributed by atoms with Crippen molar-refractivity contribution in [2.75, 3.05) is 13.7 Å². The van der Waals surface area contributed by atoms with E-state index in [4.69, 9.17) is 4.74 Å². The molecule has 2 aromatic rings. The predicted molar refractivity (Wildman–Crippen MR) is 85.1 cm³/mol. The van der Waals surface area contributed by atoms with Crippen LogP contribution in [0.1, 0.15) is 21.7 Å². The number of hydrogen-bond acceptors (Lipinski definition) is 4. The topological polar surface area (TPSA) is 85.2 Å². The highest BCUT2D eigenvalue weighted by Gasteiger charge is 2.12. The minimum absolute atomic E-state index is 0.0902. The molecule has 2 N–H and O–H groups in total. The van der Waals surface area contributed by atoms with Crippen LogP contribution in [-0.2, 0) is 18.4 Å². The number of hydrogen-bond donors (Lipinski definition) is 2. The second kappa shape index (κ2) is 7.44. The first-order chi connectivity index (χ1) is 11.0. The molecule has 0 spiro atoms. The number of ether oxygens (including phenoxy) is 1. The first-order valence-electron chi connectivity index (χ1n) is 7.18. The van der Waals surface area contributed by atoms with E-state index in [1.165, 1.54) is 4.68 Å². The summed E-state index contributed by atoms with van der Waals surface area (Å²) in [6, 6.07) is 9.09. The number of rotatable bonds is 6. The Balaban J connectivity index is 1.81. The molecule has 1 aromatic heterocycles. The average molecular weight is 316 g/mol. The van der Waals surface area contributed by atoms with E-state index in [0.29, 0.717) is 12.2 Å². The molecule has 7 nitrogen and oxygen atoms in total. The molecule has 0 saturated heterocycles. The third-order valence-corrected chi connectivity index (χ3v) is 3.27.